The van der Waals surface area contributed by atoms with Crippen LogP contribution in [0.5, 0.6) is 5.75 Å². The minimum atomic E-state index is 0.340. The average Bonchev–Trinajstić information content (AvgIpc) is 2.98. The number of fused-ring (bicyclic) bond motifs is 1. The molecule has 1 aromatic carbocycles. The van der Waals surface area contributed by atoms with E-state index < -0.39 is 0 Å². The van der Waals surface area contributed by atoms with Gasteiger partial charge in [-0.15, -0.1) is 11.6 Å². The number of aromatic nitrogens is 4. The molecule has 0 bridgehead atoms. The highest BCUT2D eigenvalue weighted by molar-refractivity contribution is 6.17. The van der Waals surface area contributed by atoms with Crippen molar-refractivity contribution in [3.05, 3.63) is 35.8 Å². The van der Waals surface area contributed by atoms with E-state index in [1.165, 1.54) is 0 Å². The lowest BCUT2D eigenvalue weighted by atomic mass is 10.3. The lowest BCUT2D eigenvalue weighted by Crippen LogP contribution is -2.04. The molecule has 3 aromatic rings. The molecule has 0 fully saturated rings. The Morgan fingerprint density at radius 1 is 1.33 bits per heavy atom. The van der Waals surface area contributed by atoms with Crippen LogP contribution in [0.15, 0.2) is 24.3 Å². The molecule has 0 aliphatic rings. The Labute approximate surface area is 128 Å². The molecule has 0 amide bonds. The molecule has 0 saturated carbocycles. The summed E-state index contributed by atoms with van der Waals surface area (Å²) in [7, 11) is 1.91. The number of hydrogen-bond acceptors (Lipinski definition) is 3. The van der Waals surface area contributed by atoms with Crippen molar-refractivity contribution in [2.75, 3.05) is 6.61 Å². The van der Waals surface area contributed by atoms with Crippen molar-refractivity contribution in [3.63, 3.8) is 0 Å². The van der Waals surface area contributed by atoms with Crippen molar-refractivity contribution in [2.45, 2.75) is 19.7 Å². The fourth-order valence-electron chi connectivity index (χ4n) is 2.56. The van der Waals surface area contributed by atoms with Crippen LogP contribution in [0, 0.1) is 6.92 Å². The molecule has 6 heteroatoms. The van der Waals surface area contributed by atoms with Gasteiger partial charge in [-0.25, -0.2) is 9.67 Å². The summed E-state index contributed by atoms with van der Waals surface area (Å²) in [4.78, 5) is 4.61. The number of halogens is 1. The Bertz CT molecular complexity index is 790. The third kappa shape index (κ3) is 2.27. The number of ether oxygens (including phenoxy) is 1. The van der Waals surface area contributed by atoms with E-state index in [-0.39, 0.29) is 0 Å². The first-order valence-electron chi connectivity index (χ1n) is 6.85. The molecular weight excluding hydrogens is 288 g/mol. The number of hydrogen-bond donors (Lipinski definition) is 0. The summed E-state index contributed by atoms with van der Waals surface area (Å²) in [5.41, 5.74) is 3.70. The highest BCUT2D eigenvalue weighted by Gasteiger charge is 2.18. The predicted octanol–water partition coefficient (Wildman–Crippen LogP) is 3.20. The number of rotatable bonds is 4. The maximum Gasteiger partial charge on any atom is 0.163 e. The second-order valence-electron chi connectivity index (χ2n) is 4.81. The van der Waals surface area contributed by atoms with Gasteiger partial charge in [0, 0.05) is 13.1 Å². The van der Waals surface area contributed by atoms with Crippen LogP contribution in [0.1, 0.15) is 18.4 Å². The van der Waals surface area contributed by atoms with E-state index in [1.807, 2.05) is 54.4 Å². The fraction of sp³-hybridized carbons (Fsp3) is 0.333. The molecular formula is C15H17ClN4O. The first-order chi connectivity index (χ1) is 10.2. The second kappa shape index (κ2) is 5.41. The summed E-state index contributed by atoms with van der Waals surface area (Å²) >= 11 is 6.07. The lowest BCUT2D eigenvalue weighted by Gasteiger charge is -2.10. The van der Waals surface area contributed by atoms with Crippen LogP contribution >= 0.6 is 11.6 Å². The van der Waals surface area contributed by atoms with Gasteiger partial charge in [0.1, 0.15) is 17.1 Å². The van der Waals surface area contributed by atoms with E-state index in [0.29, 0.717) is 12.5 Å². The second-order valence-corrected chi connectivity index (χ2v) is 5.08. The van der Waals surface area contributed by atoms with E-state index in [1.54, 1.807) is 0 Å². The Balaban J connectivity index is 2.25. The summed E-state index contributed by atoms with van der Waals surface area (Å²) < 4.78 is 9.44. The topological polar surface area (TPSA) is 44.9 Å². The van der Waals surface area contributed by atoms with Gasteiger partial charge in [-0.3, -0.25) is 4.57 Å². The number of benzene rings is 1. The van der Waals surface area contributed by atoms with Crippen LogP contribution in [0.4, 0.5) is 0 Å². The van der Waals surface area contributed by atoms with Gasteiger partial charge >= 0.3 is 0 Å². The highest BCUT2D eigenvalue weighted by atomic mass is 35.5. The molecule has 110 valence electrons. The van der Waals surface area contributed by atoms with E-state index in [2.05, 4.69) is 10.1 Å². The van der Waals surface area contributed by atoms with E-state index in [4.69, 9.17) is 16.3 Å². The van der Waals surface area contributed by atoms with Crippen molar-refractivity contribution < 1.29 is 4.74 Å². The zero-order valence-corrected chi connectivity index (χ0v) is 13.1. The molecule has 0 spiro atoms. The third-order valence-electron chi connectivity index (χ3n) is 3.38. The van der Waals surface area contributed by atoms with Gasteiger partial charge in [-0.05, 0) is 26.0 Å². The van der Waals surface area contributed by atoms with E-state index >= 15 is 0 Å². The summed E-state index contributed by atoms with van der Waals surface area (Å²) in [6, 6.07) is 7.91. The largest absolute Gasteiger partial charge is 0.494 e. The van der Waals surface area contributed by atoms with Crippen molar-refractivity contribution in [1.29, 1.82) is 0 Å². The van der Waals surface area contributed by atoms with Gasteiger partial charge < -0.3 is 4.74 Å². The summed E-state index contributed by atoms with van der Waals surface area (Å²) in [6.07, 6.45) is 0. The molecule has 0 N–H and O–H groups in total. The fourth-order valence-corrected chi connectivity index (χ4v) is 2.74. The zero-order valence-electron chi connectivity index (χ0n) is 12.3. The van der Waals surface area contributed by atoms with Crippen molar-refractivity contribution in [1.82, 2.24) is 19.3 Å². The number of nitrogens with zero attached hydrogens (tertiary/aromatic N) is 4. The van der Waals surface area contributed by atoms with Gasteiger partial charge in [-0.2, -0.15) is 5.10 Å². The minimum absolute atomic E-state index is 0.340. The normalized spacial score (nSPS) is 11.2. The summed E-state index contributed by atoms with van der Waals surface area (Å²) in [5.74, 6) is 1.97. The van der Waals surface area contributed by atoms with Crippen LogP contribution in [0.25, 0.3) is 16.9 Å². The Morgan fingerprint density at radius 3 is 2.86 bits per heavy atom. The van der Waals surface area contributed by atoms with Crippen molar-refractivity contribution in [3.8, 4) is 11.4 Å². The molecule has 0 saturated heterocycles. The molecule has 2 heterocycles. The maximum atomic E-state index is 6.07. The summed E-state index contributed by atoms with van der Waals surface area (Å²) in [5, 5.41) is 4.43. The van der Waals surface area contributed by atoms with Gasteiger partial charge in [0.2, 0.25) is 0 Å². The lowest BCUT2D eigenvalue weighted by molar-refractivity contribution is 0.340. The summed E-state index contributed by atoms with van der Waals surface area (Å²) in [6.45, 7) is 4.56. The van der Waals surface area contributed by atoms with Gasteiger partial charge in [-0.1, -0.05) is 6.07 Å². The molecule has 0 unspecified atom stereocenters. The molecule has 0 aliphatic heterocycles. The Kier molecular flexibility index (Phi) is 3.59. The number of alkyl halides is 1. The van der Waals surface area contributed by atoms with Gasteiger partial charge in [0.25, 0.3) is 0 Å². The Morgan fingerprint density at radius 2 is 2.14 bits per heavy atom. The van der Waals surface area contributed by atoms with Crippen LogP contribution in [0.2, 0.25) is 0 Å². The van der Waals surface area contributed by atoms with Crippen molar-refractivity contribution >= 4 is 22.8 Å². The third-order valence-corrected chi connectivity index (χ3v) is 3.62. The van der Waals surface area contributed by atoms with E-state index in [0.717, 1.165) is 34.1 Å². The maximum absolute atomic E-state index is 6.07. The van der Waals surface area contributed by atoms with E-state index in [9.17, 15) is 0 Å². The molecule has 5 nitrogen and oxygen atoms in total. The molecule has 3 rings (SSSR count). The van der Waals surface area contributed by atoms with Crippen molar-refractivity contribution in [2.24, 2.45) is 7.05 Å². The molecule has 0 atom stereocenters. The molecule has 0 radical (unpaired) electrons. The highest BCUT2D eigenvalue weighted by Crippen LogP contribution is 2.26. The standard InChI is InChI=1S/C15H17ClN4O/c1-4-21-12-7-5-6-11(8-12)20-13(9-16)17-14-10(2)18-19(3)15(14)20/h5-8H,4,9H2,1-3H3. The molecule has 21 heavy (non-hydrogen) atoms. The first-order valence-corrected chi connectivity index (χ1v) is 7.39. The quantitative estimate of drug-likeness (QED) is 0.695. The zero-order chi connectivity index (χ0) is 15.0. The molecule has 2 aromatic heterocycles. The average molecular weight is 305 g/mol. The minimum Gasteiger partial charge on any atom is -0.494 e. The first kappa shape index (κ1) is 13.9. The van der Waals surface area contributed by atoms with Crippen LogP contribution in [0.3, 0.4) is 0 Å². The van der Waals surface area contributed by atoms with Crippen LogP contribution < -0.4 is 4.74 Å². The number of imidazole rings is 1. The molecule has 0 aliphatic carbocycles. The van der Waals surface area contributed by atoms with Gasteiger partial charge in [0.15, 0.2) is 5.65 Å². The Hall–Kier alpha value is -2.01. The SMILES string of the molecule is CCOc1cccc(-n2c(CCl)nc3c(C)nn(C)c32)c1. The van der Waals surface area contributed by atoms with Gasteiger partial charge in [0.05, 0.1) is 23.9 Å². The smallest absolute Gasteiger partial charge is 0.163 e. The monoisotopic (exact) mass is 304 g/mol. The van der Waals surface area contributed by atoms with Crippen LogP contribution in [-0.2, 0) is 12.9 Å². The van der Waals surface area contributed by atoms with Crippen LogP contribution in [-0.4, -0.2) is 25.9 Å². The predicted molar refractivity (Wildman–Crippen MR) is 83.3 cm³/mol. The number of aryl methyl sites for hydroxylation is 2.